The Kier molecular flexibility index (Phi) is 4.38. The van der Waals surface area contributed by atoms with Crippen molar-refractivity contribution < 1.29 is 13.9 Å². The Balaban J connectivity index is 1.85. The number of benzene rings is 2. The number of halogens is 2. The molecule has 0 saturated heterocycles. The topological polar surface area (TPSA) is 50.9 Å². The Hall–Kier alpha value is -3.54. The van der Waals surface area contributed by atoms with Crippen LogP contribution in [0, 0.1) is 11.6 Å². The average Bonchev–Trinajstić information content (AvgIpc) is 3.01. The van der Waals surface area contributed by atoms with Gasteiger partial charge in [0.25, 0.3) is 0 Å². The molecule has 0 unspecified atom stereocenters. The number of nitrogens with zero attached hydrogens (tertiary/aromatic N) is 3. The van der Waals surface area contributed by atoms with Gasteiger partial charge in [0.05, 0.1) is 0 Å². The molecule has 0 fully saturated rings. The molecule has 0 amide bonds. The fourth-order valence-electron chi connectivity index (χ4n) is 2.89. The molecule has 4 rings (SSSR count). The highest BCUT2D eigenvalue weighted by molar-refractivity contribution is 5.66. The third kappa shape index (κ3) is 3.42. The Morgan fingerprint density at radius 1 is 0.852 bits per heavy atom. The molecule has 0 radical (unpaired) electrons. The van der Waals surface area contributed by atoms with Gasteiger partial charge in [-0.3, -0.25) is 0 Å². The summed E-state index contributed by atoms with van der Waals surface area (Å²) in [6.45, 7) is 0. The van der Waals surface area contributed by atoms with Crippen molar-refractivity contribution in [2.24, 2.45) is 0 Å². The normalized spacial score (nSPS) is 10.9. The molecule has 2 aromatic heterocycles. The van der Waals surface area contributed by atoms with Crippen LogP contribution in [0.15, 0.2) is 72.9 Å². The Bertz CT molecular complexity index is 1060. The smallest absolute Gasteiger partial charge is 0.219 e. The van der Waals surface area contributed by atoms with Crippen LogP contribution in [0.4, 0.5) is 8.78 Å². The molecular weight excluding hydrogens is 348 g/mol. The number of pyridine rings is 1. The summed E-state index contributed by atoms with van der Waals surface area (Å²) >= 11 is 0. The van der Waals surface area contributed by atoms with Gasteiger partial charge in [-0.05, 0) is 54.1 Å². The minimum atomic E-state index is -0.354. The zero-order valence-corrected chi connectivity index (χ0v) is 14.2. The molecule has 2 aromatic carbocycles. The molecule has 2 heterocycles. The van der Waals surface area contributed by atoms with Gasteiger partial charge in [-0.15, -0.1) is 0 Å². The highest BCUT2D eigenvalue weighted by atomic mass is 19.1. The van der Waals surface area contributed by atoms with Crippen LogP contribution in [0.3, 0.4) is 0 Å². The average molecular weight is 363 g/mol. The molecule has 4 aromatic rings. The first-order valence-electron chi connectivity index (χ1n) is 8.34. The predicted octanol–water partition coefficient (Wildman–Crippen LogP) is 4.51. The lowest BCUT2D eigenvalue weighted by molar-refractivity contribution is 0.427. The van der Waals surface area contributed by atoms with E-state index in [4.69, 9.17) is 0 Å². The summed E-state index contributed by atoms with van der Waals surface area (Å²) in [4.78, 5) is 4.22. The largest absolute Gasteiger partial charge is 0.493 e. The summed E-state index contributed by atoms with van der Waals surface area (Å²) in [6.07, 6.45) is 1.94. The second-order valence-corrected chi connectivity index (χ2v) is 6.06. The minimum Gasteiger partial charge on any atom is -0.493 e. The van der Waals surface area contributed by atoms with Crippen LogP contribution in [-0.2, 0) is 6.42 Å². The van der Waals surface area contributed by atoms with E-state index >= 15 is 0 Å². The quantitative estimate of drug-likeness (QED) is 0.580. The van der Waals surface area contributed by atoms with Gasteiger partial charge in [0.15, 0.2) is 5.82 Å². The summed E-state index contributed by atoms with van der Waals surface area (Å²) in [7, 11) is 0. The maximum atomic E-state index is 13.3. The van der Waals surface area contributed by atoms with Crippen molar-refractivity contribution in [2.45, 2.75) is 6.42 Å². The van der Waals surface area contributed by atoms with Crippen molar-refractivity contribution in [3.05, 3.63) is 95.7 Å². The second-order valence-electron chi connectivity index (χ2n) is 6.06. The first-order chi connectivity index (χ1) is 13.1. The van der Waals surface area contributed by atoms with Crippen LogP contribution < -0.4 is 0 Å². The molecule has 0 aliphatic heterocycles. The first kappa shape index (κ1) is 16.9. The van der Waals surface area contributed by atoms with Crippen LogP contribution in [0.25, 0.3) is 17.1 Å². The Morgan fingerprint density at radius 2 is 1.52 bits per heavy atom. The van der Waals surface area contributed by atoms with Gasteiger partial charge in [0.1, 0.15) is 17.3 Å². The van der Waals surface area contributed by atoms with Crippen LogP contribution in [0.1, 0.15) is 11.1 Å². The highest BCUT2D eigenvalue weighted by Gasteiger charge is 2.20. The first-order valence-corrected chi connectivity index (χ1v) is 8.34. The zero-order valence-electron chi connectivity index (χ0n) is 14.2. The number of hydrogen-bond donors (Lipinski definition) is 1. The van der Waals surface area contributed by atoms with Gasteiger partial charge < -0.3 is 5.11 Å². The third-order valence-corrected chi connectivity index (χ3v) is 4.23. The van der Waals surface area contributed by atoms with Gasteiger partial charge in [0, 0.05) is 23.7 Å². The molecular formula is C21H15F2N3O. The van der Waals surface area contributed by atoms with Crippen molar-refractivity contribution in [2.75, 3.05) is 0 Å². The van der Waals surface area contributed by atoms with Gasteiger partial charge in [0.2, 0.25) is 5.88 Å². The maximum Gasteiger partial charge on any atom is 0.219 e. The van der Waals surface area contributed by atoms with Gasteiger partial charge >= 0.3 is 0 Å². The Labute approximate surface area is 154 Å². The number of rotatable bonds is 4. The van der Waals surface area contributed by atoms with E-state index in [2.05, 4.69) is 10.1 Å². The fraction of sp³-hybridized carbons (Fsp3) is 0.0476. The molecule has 1 N–H and O–H groups in total. The van der Waals surface area contributed by atoms with Gasteiger partial charge in [-0.25, -0.2) is 13.8 Å². The minimum absolute atomic E-state index is 0.0580. The number of hydrogen-bond acceptors (Lipinski definition) is 3. The van der Waals surface area contributed by atoms with Crippen molar-refractivity contribution in [1.29, 1.82) is 0 Å². The summed E-state index contributed by atoms with van der Waals surface area (Å²) in [5.74, 6) is -0.279. The monoisotopic (exact) mass is 363 g/mol. The second kappa shape index (κ2) is 6.99. The molecule has 6 heteroatoms. The van der Waals surface area contributed by atoms with E-state index in [0.29, 0.717) is 29.1 Å². The van der Waals surface area contributed by atoms with Crippen LogP contribution >= 0.6 is 0 Å². The molecule has 0 spiro atoms. The zero-order chi connectivity index (χ0) is 18.8. The lowest BCUT2D eigenvalue weighted by Gasteiger charge is -2.04. The van der Waals surface area contributed by atoms with Crippen molar-refractivity contribution in [3.63, 3.8) is 0 Å². The van der Waals surface area contributed by atoms with Crippen LogP contribution in [-0.4, -0.2) is 19.9 Å². The van der Waals surface area contributed by atoms with Gasteiger partial charge in [-0.2, -0.15) is 9.78 Å². The van der Waals surface area contributed by atoms with Crippen molar-refractivity contribution in [1.82, 2.24) is 14.8 Å². The summed E-state index contributed by atoms with van der Waals surface area (Å²) in [5, 5.41) is 15.3. The molecule has 0 bridgehead atoms. The lowest BCUT2D eigenvalue weighted by atomic mass is 10.0. The predicted molar refractivity (Wildman–Crippen MR) is 97.6 cm³/mol. The maximum absolute atomic E-state index is 13.3. The molecule has 0 aliphatic carbocycles. The lowest BCUT2D eigenvalue weighted by Crippen LogP contribution is -1.98. The number of aromatic hydroxyl groups is 1. The van der Waals surface area contributed by atoms with E-state index < -0.39 is 0 Å². The van der Waals surface area contributed by atoms with Gasteiger partial charge in [-0.1, -0.05) is 18.2 Å². The van der Waals surface area contributed by atoms with E-state index in [0.717, 1.165) is 5.56 Å². The van der Waals surface area contributed by atoms with E-state index in [9.17, 15) is 13.9 Å². The van der Waals surface area contributed by atoms with E-state index in [1.54, 1.807) is 48.7 Å². The highest BCUT2D eigenvalue weighted by Crippen LogP contribution is 2.33. The molecule has 0 saturated carbocycles. The molecule has 134 valence electrons. The van der Waals surface area contributed by atoms with Crippen LogP contribution in [0.5, 0.6) is 5.88 Å². The third-order valence-electron chi connectivity index (χ3n) is 4.23. The SMILES string of the molecule is Oc1c(Cc2ccc(F)cc2)c(-c2ccc(F)cc2)nn1-c1ccccn1. The van der Waals surface area contributed by atoms with E-state index in [1.807, 2.05) is 0 Å². The van der Waals surface area contributed by atoms with E-state index in [1.165, 1.54) is 28.9 Å². The fourth-order valence-corrected chi connectivity index (χ4v) is 2.89. The summed E-state index contributed by atoms with van der Waals surface area (Å²) < 4.78 is 27.9. The van der Waals surface area contributed by atoms with Crippen molar-refractivity contribution >= 4 is 0 Å². The molecule has 4 nitrogen and oxygen atoms in total. The number of aromatic nitrogens is 3. The van der Waals surface area contributed by atoms with Crippen molar-refractivity contribution in [3.8, 4) is 23.0 Å². The standard InChI is InChI=1S/C21H15F2N3O/c22-16-8-4-14(5-9-16)13-18-20(15-6-10-17(23)11-7-15)25-26(21(18)27)19-3-1-2-12-24-19/h1-12,27H,13H2. The van der Waals surface area contributed by atoms with E-state index in [-0.39, 0.29) is 17.5 Å². The molecule has 0 atom stereocenters. The summed E-state index contributed by atoms with van der Waals surface area (Å²) in [5.41, 5.74) is 2.55. The van der Waals surface area contributed by atoms with Crippen LogP contribution in [0.2, 0.25) is 0 Å². The molecule has 0 aliphatic rings. The molecule has 27 heavy (non-hydrogen) atoms. The summed E-state index contributed by atoms with van der Waals surface area (Å²) in [6, 6.07) is 17.2. The Morgan fingerprint density at radius 3 is 2.15 bits per heavy atom.